The fraction of sp³-hybridized carbons (Fsp3) is 0.300. The Labute approximate surface area is 178 Å². The highest BCUT2D eigenvalue weighted by Gasteiger charge is 2.21. The van der Waals surface area contributed by atoms with Crippen molar-refractivity contribution in [2.45, 2.75) is 30.4 Å². The van der Waals surface area contributed by atoms with E-state index in [1.165, 1.54) is 17.5 Å². The van der Waals surface area contributed by atoms with E-state index in [1.54, 1.807) is 17.5 Å². The molecule has 1 N–H and O–H groups in total. The van der Waals surface area contributed by atoms with E-state index >= 15 is 0 Å². The van der Waals surface area contributed by atoms with Crippen LogP contribution in [0.4, 0.5) is 5.13 Å². The van der Waals surface area contributed by atoms with Crippen LogP contribution in [0, 0.1) is 0 Å². The first-order valence-corrected chi connectivity index (χ1v) is 11.2. The van der Waals surface area contributed by atoms with Crippen LogP contribution >= 0.6 is 34.9 Å². The van der Waals surface area contributed by atoms with E-state index in [9.17, 15) is 0 Å². The van der Waals surface area contributed by atoms with Crippen molar-refractivity contribution >= 4 is 40.0 Å². The average molecular weight is 433 g/mol. The van der Waals surface area contributed by atoms with Crippen molar-refractivity contribution in [1.29, 1.82) is 0 Å². The number of thiazole rings is 1. The van der Waals surface area contributed by atoms with Crippen LogP contribution in [0.1, 0.15) is 18.4 Å². The molecular weight excluding hydrogens is 412 g/mol. The van der Waals surface area contributed by atoms with Crippen molar-refractivity contribution in [3.63, 3.8) is 0 Å². The second kappa shape index (κ2) is 9.60. The minimum absolute atomic E-state index is 0.207. The molecule has 1 saturated heterocycles. The molecule has 5 nitrogen and oxygen atoms in total. The van der Waals surface area contributed by atoms with Crippen molar-refractivity contribution in [3.8, 4) is 5.75 Å². The van der Waals surface area contributed by atoms with Gasteiger partial charge in [0.15, 0.2) is 5.13 Å². The monoisotopic (exact) mass is 432 g/mol. The minimum Gasteiger partial charge on any atom is -0.489 e. The maximum atomic E-state index is 6.45. The summed E-state index contributed by atoms with van der Waals surface area (Å²) in [6, 6.07) is 10.1. The molecule has 0 radical (unpaired) electrons. The molecule has 0 amide bonds. The third-order valence-corrected chi connectivity index (χ3v) is 6.47. The smallest absolute Gasteiger partial charge is 0.192 e. The number of pyridine rings is 1. The normalized spacial score (nSPS) is 15.5. The number of ether oxygens (including phenoxy) is 1. The molecule has 146 valence electrons. The predicted molar refractivity (Wildman–Crippen MR) is 116 cm³/mol. The Balaban J connectivity index is 1.26. The Hall–Kier alpha value is -1.80. The van der Waals surface area contributed by atoms with Crippen LogP contribution < -0.4 is 9.46 Å². The fourth-order valence-electron chi connectivity index (χ4n) is 3.13. The van der Waals surface area contributed by atoms with Crippen molar-refractivity contribution in [2.75, 3.05) is 17.8 Å². The van der Waals surface area contributed by atoms with Crippen LogP contribution in [0.15, 0.2) is 59.2 Å². The summed E-state index contributed by atoms with van der Waals surface area (Å²) < 4.78 is 9.39. The number of rotatable bonds is 7. The van der Waals surface area contributed by atoms with Crippen molar-refractivity contribution in [2.24, 2.45) is 0 Å². The largest absolute Gasteiger partial charge is 0.489 e. The lowest BCUT2D eigenvalue weighted by atomic mass is 10.1. The van der Waals surface area contributed by atoms with Gasteiger partial charge in [-0.2, -0.15) is 0 Å². The van der Waals surface area contributed by atoms with E-state index in [0.29, 0.717) is 5.02 Å². The summed E-state index contributed by atoms with van der Waals surface area (Å²) in [6.07, 6.45) is 7.69. The van der Waals surface area contributed by atoms with Gasteiger partial charge in [0.1, 0.15) is 11.9 Å². The summed E-state index contributed by atoms with van der Waals surface area (Å²) >= 11 is 9.51. The molecule has 1 aliphatic heterocycles. The summed E-state index contributed by atoms with van der Waals surface area (Å²) in [5.41, 5.74) is 1.30. The van der Waals surface area contributed by atoms with Gasteiger partial charge in [0.25, 0.3) is 0 Å². The van der Waals surface area contributed by atoms with Crippen LogP contribution in [0.3, 0.4) is 0 Å². The zero-order valence-electron chi connectivity index (χ0n) is 15.3. The first-order chi connectivity index (χ1) is 13.8. The highest BCUT2D eigenvalue weighted by atomic mass is 35.5. The molecule has 3 aromatic rings. The second-order valence-corrected chi connectivity index (χ2v) is 8.76. The highest BCUT2D eigenvalue weighted by Crippen LogP contribution is 2.32. The Morgan fingerprint density at radius 2 is 2.00 bits per heavy atom. The molecule has 1 aromatic carbocycles. The summed E-state index contributed by atoms with van der Waals surface area (Å²) in [7, 11) is 0. The molecule has 28 heavy (non-hydrogen) atoms. The lowest BCUT2D eigenvalue weighted by molar-refractivity contribution is 0.0968. The maximum absolute atomic E-state index is 6.45. The number of nitrogens with one attached hydrogen (secondary N) is 1. The van der Waals surface area contributed by atoms with Crippen molar-refractivity contribution < 1.29 is 4.74 Å². The van der Waals surface area contributed by atoms with Gasteiger partial charge in [-0.1, -0.05) is 11.6 Å². The number of benzene rings is 1. The standard InChI is InChI=1S/C20H21ClN4OS2/c21-18-13-17(28-24-20-23-9-12-27-20)1-2-19(18)26-16-5-10-25(11-6-16)14-15-3-7-22-8-4-15/h1-4,7-9,12-13,16H,5-6,10-11,14H2,(H,23,24). The molecule has 2 aromatic heterocycles. The van der Waals surface area contributed by atoms with Gasteiger partial charge in [0, 0.05) is 48.5 Å². The van der Waals surface area contributed by atoms with Gasteiger partial charge in [-0.25, -0.2) is 4.98 Å². The minimum atomic E-state index is 0.207. The van der Waals surface area contributed by atoms with E-state index in [4.69, 9.17) is 16.3 Å². The fourth-order valence-corrected chi connectivity index (χ4v) is 4.68. The van der Waals surface area contributed by atoms with Crippen LogP contribution in [0.25, 0.3) is 0 Å². The highest BCUT2D eigenvalue weighted by molar-refractivity contribution is 8.00. The zero-order valence-corrected chi connectivity index (χ0v) is 17.6. The molecule has 8 heteroatoms. The van der Waals surface area contributed by atoms with Crippen molar-refractivity contribution in [3.05, 3.63) is 64.9 Å². The molecule has 0 atom stereocenters. The lowest BCUT2D eigenvalue weighted by Gasteiger charge is -2.32. The molecule has 0 unspecified atom stereocenters. The van der Waals surface area contributed by atoms with Crippen LogP contribution in [0.2, 0.25) is 5.02 Å². The van der Waals surface area contributed by atoms with Gasteiger partial charge in [0.05, 0.1) is 5.02 Å². The van der Waals surface area contributed by atoms with Crippen LogP contribution in [-0.2, 0) is 6.54 Å². The first-order valence-electron chi connectivity index (χ1n) is 9.16. The third kappa shape index (κ3) is 5.38. The Morgan fingerprint density at radius 3 is 2.71 bits per heavy atom. The Kier molecular flexibility index (Phi) is 6.69. The van der Waals surface area contributed by atoms with Gasteiger partial charge in [-0.3, -0.25) is 9.88 Å². The predicted octanol–water partition coefficient (Wildman–Crippen LogP) is 5.35. The average Bonchev–Trinajstić information content (AvgIpc) is 3.24. The van der Waals surface area contributed by atoms with E-state index in [0.717, 1.165) is 48.3 Å². The van der Waals surface area contributed by atoms with Gasteiger partial charge < -0.3 is 9.46 Å². The summed E-state index contributed by atoms with van der Waals surface area (Å²) in [6.45, 7) is 3.01. The van der Waals surface area contributed by atoms with Gasteiger partial charge in [-0.15, -0.1) is 11.3 Å². The molecule has 1 fully saturated rings. The Bertz CT molecular complexity index is 871. The second-order valence-electron chi connectivity index (χ2n) is 6.58. The molecular formula is C20H21ClN4OS2. The molecule has 3 heterocycles. The number of anilines is 1. The number of likely N-dealkylation sites (tertiary alicyclic amines) is 1. The van der Waals surface area contributed by atoms with E-state index < -0.39 is 0 Å². The molecule has 0 bridgehead atoms. The summed E-state index contributed by atoms with van der Waals surface area (Å²) in [5, 5.41) is 3.46. The summed E-state index contributed by atoms with van der Waals surface area (Å²) in [4.78, 5) is 11.8. The first kappa shape index (κ1) is 19.5. The molecule has 0 spiro atoms. The van der Waals surface area contributed by atoms with Crippen LogP contribution in [-0.4, -0.2) is 34.1 Å². The quantitative estimate of drug-likeness (QED) is 0.507. The topological polar surface area (TPSA) is 50.3 Å². The van der Waals surface area contributed by atoms with Crippen molar-refractivity contribution in [1.82, 2.24) is 14.9 Å². The Morgan fingerprint density at radius 1 is 1.18 bits per heavy atom. The number of nitrogens with zero attached hydrogens (tertiary/aromatic N) is 3. The SMILES string of the molecule is Clc1cc(SNc2nccs2)ccc1OC1CCN(Cc2ccncc2)CC1. The van der Waals surface area contributed by atoms with E-state index in [1.807, 2.05) is 36.0 Å². The molecule has 0 aliphatic carbocycles. The zero-order chi connectivity index (χ0) is 19.2. The van der Waals surface area contributed by atoms with Gasteiger partial charge in [0.2, 0.25) is 0 Å². The molecule has 1 aliphatic rings. The molecule has 0 saturated carbocycles. The number of piperidine rings is 1. The maximum Gasteiger partial charge on any atom is 0.192 e. The summed E-state index contributed by atoms with van der Waals surface area (Å²) in [5.74, 6) is 0.757. The number of aromatic nitrogens is 2. The van der Waals surface area contributed by atoms with E-state index in [2.05, 4.69) is 31.7 Å². The lowest BCUT2D eigenvalue weighted by Crippen LogP contribution is -2.37. The third-order valence-electron chi connectivity index (χ3n) is 4.58. The number of hydrogen-bond acceptors (Lipinski definition) is 7. The number of hydrogen-bond donors (Lipinski definition) is 1. The van der Waals surface area contributed by atoms with E-state index in [-0.39, 0.29) is 6.10 Å². The number of halogens is 1. The van der Waals surface area contributed by atoms with Gasteiger partial charge in [-0.05, 0) is 60.7 Å². The van der Waals surface area contributed by atoms with Gasteiger partial charge >= 0.3 is 0 Å². The molecule has 4 rings (SSSR count). The van der Waals surface area contributed by atoms with Crippen LogP contribution in [0.5, 0.6) is 5.75 Å².